The molecule has 0 saturated heterocycles. The molecule has 0 aliphatic carbocycles. The third-order valence-electron chi connectivity index (χ3n) is 2.18. The van der Waals surface area contributed by atoms with Crippen molar-refractivity contribution in [3.63, 3.8) is 0 Å². The highest BCUT2D eigenvalue weighted by atomic mass is 35.6. The van der Waals surface area contributed by atoms with Gasteiger partial charge in [0.25, 0.3) is 0 Å². The van der Waals surface area contributed by atoms with E-state index in [1.54, 1.807) is 0 Å². The van der Waals surface area contributed by atoms with Crippen LogP contribution < -0.4 is 9.32 Å². The number of hydrogen-bond donors (Lipinski definition) is 0. The predicted octanol–water partition coefficient (Wildman–Crippen LogP) is 0.675. The lowest BCUT2D eigenvalue weighted by Gasteiger charge is -2.23. The number of rotatable bonds is 7. The third kappa shape index (κ3) is 25.0. The van der Waals surface area contributed by atoms with Crippen LogP contribution in [0.25, 0.3) is 0 Å². The van der Waals surface area contributed by atoms with Gasteiger partial charge >= 0.3 is 0 Å². The van der Waals surface area contributed by atoms with E-state index in [0.717, 1.165) is 4.48 Å². The maximum atomic E-state index is 8.24. The average molecular weight is 240 g/mol. The molecule has 0 radical (unpaired) electrons. The first-order chi connectivity index (χ1) is 6.97. The predicted molar refractivity (Wildman–Crippen MR) is 56.3 cm³/mol. The molecule has 0 heterocycles. The van der Waals surface area contributed by atoms with Crippen LogP contribution >= 0.6 is 0 Å². The molecule has 0 aromatic rings. The van der Waals surface area contributed by atoms with Crippen molar-refractivity contribution in [2.75, 3.05) is 27.7 Å². The summed E-state index contributed by atoms with van der Waals surface area (Å²) in [5, 5.41) is 0. The fourth-order valence-corrected chi connectivity index (χ4v) is 1.37. The summed E-state index contributed by atoms with van der Waals surface area (Å²) in [5.74, 6) is 0. The van der Waals surface area contributed by atoms with Gasteiger partial charge in [0, 0.05) is 0 Å². The topological polar surface area (TPSA) is 46.1 Å². The van der Waals surface area contributed by atoms with Crippen LogP contribution in [0, 0.1) is 11.3 Å². The summed E-state index contributed by atoms with van der Waals surface area (Å²) < 4.78 is 17.6. The first-order valence-corrected chi connectivity index (χ1v) is 6.29. The van der Waals surface area contributed by atoms with Crippen molar-refractivity contribution in [3.05, 3.63) is 0 Å². The van der Waals surface area contributed by atoms with E-state index < -0.39 is 11.3 Å². The van der Waals surface area contributed by atoms with Crippen LogP contribution in [-0.2, 0) is 0 Å². The molecule has 0 N–H and O–H groups in total. The molecule has 94 valence electrons. The average Bonchev–Trinajstić information content (AvgIpc) is 2.11. The van der Waals surface area contributed by atoms with Crippen molar-refractivity contribution in [2.24, 2.45) is 0 Å². The van der Waals surface area contributed by atoms with E-state index in [-0.39, 0.29) is 0 Å². The van der Waals surface area contributed by atoms with Crippen LogP contribution in [0.5, 0.6) is 0 Å². The summed E-state index contributed by atoms with van der Waals surface area (Å²) in [6.45, 7) is 3.60. The zero-order valence-corrected chi connectivity index (χ0v) is 11.3. The van der Waals surface area contributed by atoms with Crippen LogP contribution in [0.1, 0.15) is 45.4 Å². The van der Waals surface area contributed by atoms with Crippen molar-refractivity contribution in [2.45, 2.75) is 45.4 Å². The fraction of sp³-hybridized carbons (Fsp3) is 1.00. The molecule has 0 atom stereocenters. The molecule has 0 rings (SSSR count). The molecule has 0 unspecified atom stereocenters. The fourth-order valence-electron chi connectivity index (χ4n) is 1.37. The first kappa shape index (κ1) is 17.6. The number of nitrogens with zero attached hydrogens (tertiary/aromatic N) is 1. The molecule has 0 bridgehead atoms. The minimum Gasteiger partial charge on any atom is -0.544 e. The number of hydrogen-bond acceptors (Lipinski definition) is 2. The molecule has 15 heavy (non-hydrogen) atoms. The number of halogens is 1. The highest BCUT2D eigenvalue weighted by Crippen LogP contribution is 2.06. The van der Waals surface area contributed by atoms with Gasteiger partial charge in [-0.2, -0.15) is 0 Å². The number of quaternary nitrogens is 1. The molecule has 0 aromatic heterocycles. The second-order valence-corrected chi connectivity index (χ2v) is 4.97. The Morgan fingerprint density at radius 2 is 1.27 bits per heavy atom. The van der Waals surface area contributed by atoms with Crippen molar-refractivity contribution in [3.8, 4) is 0 Å². The Balaban J connectivity index is 0. The minimum atomic E-state index is -0.417. The maximum absolute atomic E-state index is 8.24. The zero-order chi connectivity index (χ0) is 12.2. The zero-order valence-electron chi connectivity index (χ0n) is 10.6. The van der Waals surface area contributed by atoms with Gasteiger partial charge in [0.05, 0.1) is 39.0 Å². The van der Waals surface area contributed by atoms with Gasteiger partial charge in [0.2, 0.25) is 0 Å². The highest BCUT2D eigenvalue weighted by Gasteiger charge is 2.04. The molecule has 4 heteroatoms. The molecule has 3 nitrogen and oxygen atoms in total. The lowest BCUT2D eigenvalue weighted by Crippen LogP contribution is -2.35. The van der Waals surface area contributed by atoms with Gasteiger partial charge in [0.15, 0.2) is 0 Å². The SMILES string of the molecule is CCCCCCCC[N+](C)(C)C.[O-][Cl+][O-]. The van der Waals surface area contributed by atoms with Crippen molar-refractivity contribution in [1.82, 2.24) is 0 Å². The summed E-state index contributed by atoms with van der Waals surface area (Å²) >= 11 is -0.417. The largest absolute Gasteiger partial charge is 0.544 e. The Bertz CT molecular complexity index is 116. The van der Waals surface area contributed by atoms with Gasteiger partial charge in [-0.1, -0.05) is 32.6 Å². The lowest BCUT2D eigenvalue weighted by molar-refractivity contribution is -1.41. The van der Waals surface area contributed by atoms with Crippen LogP contribution in [0.2, 0.25) is 0 Å². The van der Waals surface area contributed by atoms with Crippen LogP contribution in [0.15, 0.2) is 0 Å². The molecule has 0 saturated carbocycles. The first-order valence-electron chi connectivity index (χ1n) is 5.67. The molecule has 0 aromatic carbocycles. The van der Waals surface area contributed by atoms with Gasteiger partial charge < -0.3 is 13.8 Å². The maximum Gasteiger partial charge on any atom is 0.0878 e. The Morgan fingerprint density at radius 1 is 0.867 bits per heavy atom. The van der Waals surface area contributed by atoms with E-state index in [1.165, 1.54) is 45.1 Å². The molecule has 0 aliphatic rings. The highest BCUT2D eigenvalue weighted by molar-refractivity contribution is 4.42. The van der Waals surface area contributed by atoms with E-state index in [4.69, 9.17) is 9.32 Å². The van der Waals surface area contributed by atoms with Crippen molar-refractivity contribution in [1.29, 1.82) is 0 Å². The normalized spacial score (nSPS) is 10.8. The van der Waals surface area contributed by atoms with E-state index in [2.05, 4.69) is 28.1 Å². The summed E-state index contributed by atoms with van der Waals surface area (Å²) in [4.78, 5) is 0. The van der Waals surface area contributed by atoms with E-state index in [9.17, 15) is 0 Å². The standard InChI is InChI=1S/C11H26N.ClO2/c1-5-6-7-8-9-10-11-12(2,3)4;2-1-3/h5-11H2,1-4H3;/q+1;-1. The van der Waals surface area contributed by atoms with Gasteiger partial charge in [-0.3, -0.25) is 0 Å². The molecular formula is C11H26ClNO2. The van der Waals surface area contributed by atoms with Crippen LogP contribution in [-0.4, -0.2) is 32.2 Å². The third-order valence-corrected chi connectivity index (χ3v) is 2.18. The second kappa shape index (κ2) is 12.2. The Morgan fingerprint density at radius 3 is 1.67 bits per heavy atom. The molecule has 0 aliphatic heterocycles. The Hall–Kier alpha value is 0.170. The molecule has 0 fully saturated rings. The van der Waals surface area contributed by atoms with Crippen molar-refractivity contribution >= 4 is 0 Å². The summed E-state index contributed by atoms with van der Waals surface area (Å²) in [6.07, 6.45) is 8.48. The van der Waals surface area contributed by atoms with Gasteiger partial charge in [-0.05, 0) is 12.8 Å². The van der Waals surface area contributed by atoms with Gasteiger partial charge in [-0.15, -0.1) is 0 Å². The van der Waals surface area contributed by atoms with Crippen LogP contribution in [0.4, 0.5) is 0 Å². The molecule has 0 spiro atoms. The Labute approximate surface area is 98.8 Å². The van der Waals surface area contributed by atoms with E-state index >= 15 is 0 Å². The second-order valence-electron chi connectivity index (χ2n) is 4.84. The van der Waals surface area contributed by atoms with Gasteiger partial charge in [0.1, 0.15) is 0 Å². The van der Waals surface area contributed by atoms with Crippen LogP contribution in [0.3, 0.4) is 0 Å². The monoisotopic (exact) mass is 239 g/mol. The van der Waals surface area contributed by atoms with Gasteiger partial charge in [-0.25, -0.2) is 0 Å². The number of unbranched alkanes of at least 4 members (excludes halogenated alkanes) is 5. The quantitative estimate of drug-likeness (QED) is 0.485. The lowest BCUT2D eigenvalue weighted by atomic mass is 10.1. The minimum absolute atomic E-state index is 0.417. The smallest absolute Gasteiger partial charge is 0.0878 e. The summed E-state index contributed by atoms with van der Waals surface area (Å²) in [6, 6.07) is 0. The Kier molecular flexibility index (Phi) is 14.3. The van der Waals surface area contributed by atoms with Crippen molar-refractivity contribution < 1.29 is 25.1 Å². The molecular weight excluding hydrogens is 214 g/mol. The van der Waals surface area contributed by atoms with E-state index in [0.29, 0.717) is 0 Å². The summed E-state index contributed by atoms with van der Waals surface area (Å²) in [7, 11) is 6.81. The summed E-state index contributed by atoms with van der Waals surface area (Å²) in [5.41, 5.74) is 0. The van der Waals surface area contributed by atoms with E-state index in [1.807, 2.05) is 0 Å². The molecule has 0 amide bonds.